The van der Waals surface area contributed by atoms with Crippen LogP contribution in [0.25, 0.3) is 0 Å². The van der Waals surface area contributed by atoms with Crippen molar-refractivity contribution in [1.29, 1.82) is 0 Å². The lowest BCUT2D eigenvalue weighted by Gasteiger charge is -2.19. The van der Waals surface area contributed by atoms with E-state index in [1.54, 1.807) is 24.1 Å². The molecule has 104 valence electrons. The number of carbonyl (C=O) groups is 1. The average Bonchev–Trinajstić information content (AvgIpc) is 2.44. The van der Waals surface area contributed by atoms with E-state index < -0.39 is 0 Å². The predicted molar refractivity (Wildman–Crippen MR) is 83.1 cm³/mol. The molecule has 0 aliphatic rings. The highest BCUT2D eigenvalue weighted by molar-refractivity contribution is 6.31. The van der Waals surface area contributed by atoms with Crippen LogP contribution in [0.15, 0.2) is 48.5 Å². The summed E-state index contributed by atoms with van der Waals surface area (Å²) in [6.07, 6.45) is 0. The molecular formula is C16H17ClN2O. The van der Waals surface area contributed by atoms with Crippen LogP contribution in [-0.2, 0) is 6.54 Å². The Morgan fingerprint density at radius 3 is 2.60 bits per heavy atom. The second-order valence-electron chi connectivity index (χ2n) is 4.73. The molecule has 0 radical (unpaired) electrons. The first-order valence-electron chi connectivity index (χ1n) is 6.38. The molecule has 0 aromatic heterocycles. The number of hydrogen-bond donors (Lipinski definition) is 1. The molecule has 0 spiro atoms. The highest BCUT2D eigenvalue weighted by atomic mass is 35.5. The minimum absolute atomic E-state index is 0.154. The van der Waals surface area contributed by atoms with Crippen LogP contribution in [0.5, 0.6) is 0 Å². The van der Waals surface area contributed by atoms with E-state index in [0.717, 1.165) is 16.8 Å². The molecule has 2 aromatic rings. The Kier molecular flexibility index (Phi) is 4.64. The van der Waals surface area contributed by atoms with Crippen molar-refractivity contribution in [3.05, 3.63) is 64.7 Å². The molecule has 0 bridgehead atoms. The molecule has 2 amide bonds. The number of nitrogens with one attached hydrogen (secondary N) is 1. The van der Waals surface area contributed by atoms with Crippen LogP contribution in [0.4, 0.5) is 10.5 Å². The van der Waals surface area contributed by atoms with Crippen LogP contribution >= 0.6 is 11.6 Å². The summed E-state index contributed by atoms with van der Waals surface area (Å²) >= 11 is 5.94. The predicted octanol–water partition coefficient (Wildman–Crippen LogP) is 4.31. The number of urea groups is 1. The van der Waals surface area contributed by atoms with E-state index in [0.29, 0.717) is 11.6 Å². The van der Waals surface area contributed by atoms with E-state index >= 15 is 0 Å². The molecular weight excluding hydrogens is 272 g/mol. The van der Waals surface area contributed by atoms with Gasteiger partial charge in [0, 0.05) is 24.3 Å². The normalized spacial score (nSPS) is 10.2. The van der Waals surface area contributed by atoms with Crippen molar-refractivity contribution in [1.82, 2.24) is 4.90 Å². The van der Waals surface area contributed by atoms with Crippen molar-refractivity contribution in [3.63, 3.8) is 0 Å². The first kappa shape index (κ1) is 14.4. The van der Waals surface area contributed by atoms with Crippen LogP contribution < -0.4 is 5.32 Å². The van der Waals surface area contributed by atoms with Gasteiger partial charge in [0.25, 0.3) is 0 Å². The quantitative estimate of drug-likeness (QED) is 0.896. The highest BCUT2D eigenvalue weighted by Gasteiger charge is 2.10. The topological polar surface area (TPSA) is 32.3 Å². The van der Waals surface area contributed by atoms with Gasteiger partial charge in [-0.2, -0.15) is 0 Å². The van der Waals surface area contributed by atoms with Crippen LogP contribution in [0.1, 0.15) is 11.1 Å². The smallest absolute Gasteiger partial charge is 0.321 e. The molecule has 20 heavy (non-hydrogen) atoms. The molecule has 0 heterocycles. The molecule has 0 aliphatic heterocycles. The number of aryl methyl sites for hydroxylation is 1. The minimum Gasteiger partial charge on any atom is -0.323 e. The van der Waals surface area contributed by atoms with Gasteiger partial charge in [-0.3, -0.25) is 0 Å². The van der Waals surface area contributed by atoms with Crippen molar-refractivity contribution in [2.24, 2.45) is 0 Å². The fourth-order valence-corrected chi connectivity index (χ4v) is 2.04. The van der Waals surface area contributed by atoms with Crippen LogP contribution in [0, 0.1) is 6.92 Å². The summed E-state index contributed by atoms with van der Waals surface area (Å²) in [4.78, 5) is 13.8. The molecule has 0 saturated carbocycles. The van der Waals surface area contributed by atoms with Gasteiger partial charge in [0.2, 0.25) is 0 Å². The molecule has 0 fully saturated rings. The molecule has 0 aliphatic carbocycles. The Balaban J connectivity index is 2.02. The summed E-state index contributed by atoms with van der Waals surface area (Å²) < 4.78 is 0. The van der Waals surface area contributed by atoms with Gasteiger partial charge in [-0.05, 0) is 30.2 Å². The standard InChI is InChI=1S/C16H17ClN2O/c1-12-8-9-14(17)10-15(12)18-16(20)19(2)11-13-6-4-3-5-7-13/h3-10H,11H2,1-2H3,(H,18,20). The molecule has 2 rings (SSSR count). The zero-order valence-corrected chi connectivity index (χ0v) is 12.3. The number of benzene rings is 2. The number of hydrogen-bond acceptors (Lipinski definition) is 1. The summed E-state index contributed by atoms with van der Waals surface area (Å²) in [5.41, 5.74) is 2.81. The van der Waals surface area contributed by atoms with E-state index in [1.165, 1.54) is 0 Å². The zero-order chi connectivity index (χ0) is 14.5. The van der Waals surface area contributed by atoms with Gasteiger partial charge in [0.15, 0.2) is 0 Å². The Hall–Kier alpha value is -2.00. The first-order valence-corrected chi connectivity index (χ1v) is 6.76. The van der Waals surface area contributed by atoms with Crippen LogP contribution in [0.3, 0.4) is 0 Å². The Morgan fingerprint density at radius 1 is 1.20 bits per heavy atom. The lowest BCUT2D eigenvalue weighted by atomic mass is 10.2. The van der Waals surface area contributed by atoms with E-state index in [4.69, 9.17) is 11.6 Å². The summed E-state index contributed by atoms with van der Waals surface area (Å²) in [5, 5.41) is 3.48. The molecule has 0 atom stereocenters. The highest BCUT2D eigenvalue weighted by Crippen LogP contribution is 2.20. The third-order valence-electron chi connectivity index (χ3n) is 3.05. The second-order valence-corrected chi connectivity index (χ2v) is 5.17. The van der Waals surface area contributed by atoms with Gasteiger partial charge >= 0.3 is 6.03 Å². The molecule has 0 saturated heterocycles. The van der Waals surface area contributed by atoms with Gasteiger partial charge in [-0.25, -0.2) is 4.79 Å². The third-order valence-corrected chi connectivity index (χ3v) is 3.29. The minimum atomic E-state index is -0.154. The second kappa shape index (κ2) is 6.44. The zero-order valence-electron chi connectivity index (χ0n) is 11.6. The van der Waals surface area contributed by atoms with Gasteiger partial charge in [-0.15, -0.1) is 0 Å². The monoisotopic (exact) mass is 288 g/mol. The van der Waals surface area contributed by atoms with E-state index in [-0.39, 0.29) is 6.03 Å². The van der Waals surface area contributed by atoms with Gasteiger partial charge in [-0.1, -0.05) is 48.0 Å². The average molecular weight is 289 g/mol. The number of anilines is 1. The summed E-state index contributed by atoms with van der Waals surface area (Å²) in [6.45, 7) is 2.50. The SMILES string of the molecule is Cc1ccc(Cl)cc1NC(=O)N(C)Cc1ccccc1. The van der Waals surface area contributed by atoms with Gasteiger partial charge < -0.3 is 10.2 Å². The number of nitrogens with zero attached hydrogens (tertiary/aromatic N) is 1. The van der Waals surface area contributed by atoms with Gasteiger partial charge in [0.1, 0.15) is 0 Å². The van der Waals surface area contributed by atoms with E-state index in [1.807, 2.05) is 43.3 Å². The van der Waals surface area contributed by atoms with Crippen LogP contribution in [0.2, 0.25) is 5.02 Å². The maximum absolute atomic E-state index is 12.2. The van der Waals surface area contributed by atoms with Crippen molar-refractivity contribution < 1.29 is 4.79 Å². The van der Waals surface area contributed by atoms with Crippen LogP contribution in [-0.4, -0.2) is 18.0 Å². The maximum Gasteiger partial charge on any atom is 0.321 e. The largest absolute Gasteiger partial charge is 0.323 e. The van der Waals surface area contributed by atoms with Crippen molar-refractivity contribution in [2.45, 2.75) is 13.5 Å². The molecule has 4 heteroatoms. The van der Waals surface area contributed by atoms with Crippen molar-refractivity contribution >= 4 is 23.3 Å². The van der Waals surface area contributed by atoms with E-state index in [9.17, 15) is 4.79 Å². The Bertz CT molecular complexity index is 599. The third kappa shape index (κ3) is 3.75. The maximum atomic E-state index is 12.2. The van der Waals surface area contributed by atoms with Crippen molar-refractivity contribution in [2.75, 3.05) is 12.4 Å². The first-order chi connectivity index (χ1) is 9.56. The number of halogens is 1. The fourth-order valence-electron chi connectivity index (χ4n) is 1.87. The Morgan fingerprint density at radius 2 is 1.90 bits per heavy atom. The molecule has 3 nitrogen and oxygen atoms in total. The number of carbonyl (C=O) groups excluding carboxylic acids is 1. The Labute approximate surface area is 124 Å². The molecule has 1 N–H and O–H groups in total. The van der Waals surface area contributed by atoms with Gasteiger partial charge in [0.05, 0.1) is 0 Å². The molecule has 0 unspecified atom stereocenters. The summed E-state index contributed by atoms with van der Waals surface area (Å²) in [5.74, 6) is 0. The van der Waals surface area contributed by atoms with Crippen molar-refractivity contribution in [3.8, 4) is 0 Å². The summed E-state index contributed by atoms with van der Waals surface area (Å²) in [6, 6.07) is 15.2. The lowest BCUT2D eigenvalue weighted by Crippen LogP contribution is -2.31. The molecule has 2 aromatic carbocycles. The fraction of sp³-hybridized carbons (Fsp3) is 0.188. The lowest BCUT2D eigenvalue weighted by molar-refractivity contribution is 0.220. The summed E-state index contributed by atoms with van der Waals surface area (Å²) in [7, 11) is 1.77. The van der Waals surface area contributed by atoms with E-state index in [2.05, 4.69) is 5.32 Å². The number of amides is 2. The number of rotatable bonds is 3.